The Morgan fingerprint density at radius 2 is 2.33 bits per heavy atom. The Morgan fingerprint density at radius 3 is 2.87 bits per heavy atom. The summed E-state index contributed by atoms with van der Waals surface area (Å²) in [6.07, 6.45) is 2.01. The zero-order valence-corrected chi connectivity index (χ0v) is 8.18. The van der Waals surface area contributed by atoms with E-state index in [2.05, 4.69) is 4.42 Å². The van der Waals surface area contributed by atoms with Crippen molar-refractivity contribution in [3.05, 3.63) is 34.4 Å². The van der Waals surface area contributed by atoms with E-state index in [0.717, 1.165) is 6.42 Å². The average molecular weight is 208 g/mol. The molecule has 0 spiro atoms. The van der Waals surface area contributed by atoms with Gasteiger partial charge in [-0.25, -0.2) is 4.79 Å². The molecule has 1 unspecified atom stereocenters. The summed E-state index contributed by atoms with van der Waals surface area (Å²) in [6.45, 7) is 1.23. The second-order valence-electron chi connectivity index (χ2n) is 3.64. The van der Waals surface area contributed by atoms with Gasteiger partial charge in [-0.2, -0.15) is 0 Å². The summed E-state index contributed by atoms with van der Waals surface area (Å²) in [6, 6.07) is 2.77. The fourth-order valence-corrected chi connectivity index (χ4v) is 1.63. The molecule has 0 radical (unpaired) electrons. The summed E-state index contributed by atoms with van der Waals surface area (Å²) in [7, 11) is 0. The largest absolute Gasteiger partial charge is 0.430 e. The van der Waals surface area contributed by atoms with Gasteiger partial charge in [-0.15, -0.1) is 0 Å². The average Bonchev–Trinajstić information content (AvgIpc) is 2.65. The molecule has 1 aromatic heterocycles. The van der Waals surface area contributed by atoms with Crippen molar-refractivity contribution in [3.8, 4) is 0 Å². The maximum atomic E-state index is 11.8. The third-order valence-electron chi connectivity index (χ3n) is 2.46. The first kappa shape index (κ1) is 9.92. The molecule has 1 aliphatic rings. The second-order valence-corrected chi connectivity index (χ2v) is 3.64. The Morgan fingerprint density at radius 1 is 1.53 bits per heavy atom. The second kappa shape index (κ2) is 3.86. The molecule has 2 N–H and O–H groups in total. The number of nitrogens with zero attached hydrogens (tertiary/aromatic N) is 1. The highest BCUT2D eigenvalue weighted by Gasteiger charge is 2.24. The highest BCUT2D eigenvalue weighted by Crippen LogP contribution is 2.11. The molecular weight excluding hydrogens is 196 g/mol. The lowest BCUT2D eigenvalue weighted by atomic mass is 10.2. The van der Waals surface area contributed by atoms with Gasteiger partial charge in [-0.3, -0.25) is 4.79 Å². The maximum Gasteiger partial charge on any atom is 0.335 e. The van der Waals surface area contributed by atoms with Crippen LogP contribution in [-0.4, -0.2) is 29.9 Å². The Kier molecular flexibility index (Phi) is 2.55. The highest BCUT2D eigenvalue weighted by atomic mass is 16.4. The minimum atomic E-state index is -0.454. The quantitative estimate of drug-likeness (QED) is 0.694. The first-order chi connectivity index (χ1) is 7.16. The number of nitrogens with two attached hydrogens (primary N) is 1. The molecule has 1 fully saturated rings. The molecule has 1 amide bonds. The maximum absolute atomic E-state index is 11.8. The lowest BCUT2D eigenvalue weighted by molar-refractivity contribution is 0.0788. The summed E-state index contributed by atoms with van der Waals surface area (Å²) in [5, 5.41) is 0. The van der Waals surface area contributed by atoms with E-state index in [1.54, 1.807) is 4.90 Å². The number of hydrogen-bond donors (Lipinski definition) is 1. The third-order valence-corrected chi connectivity index (χ3v) is 2.46. The molecule has 1 atom stereocenters. The van der Waals surface area contributed by atoms with E-state index in [1.807, 2.05) is 0 Å². The molecular formula is C10H12N2O3. The molecule has 5 heteroatoms. The van der Waals surface area contributed by atoms with Gasteiger partial charge < -0.3 is 15.1 Å². The van der Waals surface area contributed by atoms with Crippen LogP contribution in [0.4, 0.5) is 0 Å². The molecule has 0 bridgehead atoms. The van der Waals surface area contributed by atoms with E-state index < -0.39 is 5.63 Å². The van der Waals surface area contributed by atoms with Crippen molar-refractivity contribution >= 4 is 5.91 Å². The Labute approximate surface area is 86.5 Å². The van der Waals surface area contributed by atoms with Gasteiger partial charge in [0.25, 0.3) is 5.91 Å². The van der Waals surface area contributed by atoms with Crippen LogP contribution in [0.1, 0.15) is 16.8 Å². The topological polar surface area (TPSA) is 76.5 Å². The molecule has 5 nitrogen and oxygen atoms in total. The zero-order valence-electron chi connectivity index (χ0n) is 8.18. The van der Waals surface area contributed by atoms with Gasteiger partial charge in [0.1, 0.15) is 6.26 Å². The molecule has 1 aliphatic heterocycles. The van der Waals surface area contributed by atoms with Crippen molar-refractivity contribution in [2.24, 2.45) is 5.73 Å². The summed E-state index contributed by atoms with van der Waals surface area (Å²) in [5.74, 6) is -0.133. The van der Waals surface area contributed by atoms with Crippen molar-refractivity contribution < 1.29 is 9.21 Å². The predicted octanol–water partition coefficient (Wildman–Crippen LogP) is -0.187. The number of hydrogen-bond acceptors (Lipinski definition) is 4. The molecule has 2 heterocycles. The minimum Gasteiger partial charge on any atom is -0.430 e. The van der Waals surface area contributed by atoms with Crippen LogP contribution < -0.4 is 11.4 Å². The number of amides is 1. The molecule has 2 rings (SSSR count). The first-order valence-corrected chi connectivity index (χ1v) is 4.80. The van der Waals surface area contributed by atoms with E-state index in [9.17, 15) is 9.59 Å². The number of likely N-dealkylation sites (tertiary alicyclic amines) is 1. The van der Waals surface area contributed by atoms with Crippen molar-refractivity contribution in [3.63, 3.8) is 0 Å². The van der Waals surface area contributed by atoms with E-state index in [0.29, 0.717) is 18.7 Å². The van der Waals surface area contributed by atoms with Gasteiger partial charge in [0.05, 0.1) is 5.56 Å². The predicted molar refractivity (Wildman–Crippen MR) is 53.5 cm³/mol. The van der Waals surface area contributed by atoms with E-state index in [4.69, 9.17) is 5.73 Å². The van der Waals surface area contributed by atoms with Crippen LogP contribution in [0.5, 0.6) is 0 Å². The smallest absolute Gasteiger partial charge is 0.335 e. The number of carbonyl (C=O) groups is 1. The van der Waals surface area contributed by atoms with Gasteiger partial charge in [0.15, 0.2) is 0 Å². The van der Waals surface area contributed by atoms with Gasteiger partial charge >= 0.3 is 5.63 Å². The molecule has 1 aromatic rings. The Bertz CT molecular complexity index is 406. The van der Waals surface area contributed by atoms with Crippen LogP contribution in [0, 0.1) is 0 Å². The van der Waals surface area contributed by atoms with Crippen molar-refractivity contribution in [1.29, 1.82) is 0 Å². The first-order valence-electron chi connectivity index (χ1n) is 4.80. The third kappa shape index (κ3) is 2.07. The van der Waals surface area contributed by atoms with Crippen molar-refractivity contribution in [2.75, 3.05) is 13.1 Å². The summed E-state index contributed by atoms with van der Waals surface area (Å²) >= 11 is 0. The van der Waals surface area contributed by atoms with E-state index in [-0.39, 0.29) is 11.9 Å². The van der Waals surface area contributed by atoms with Gasteiger partial charge in [0, 0.05) is 25.2 Å². The molecule has 0 saturated carbocycles. The number of rotatable bonds is 1. The van der Waals surface area contributed by atoms with E-state index in [1.165, 1.54) is 18.4 Å². The van der Waals surface area contributed by atoms with Gasteiger partial charge in [0.2, 0.25) is 0 Å². The standard InChI is InChI=1S/C10H12N2O3/c11-8-3-4-12(5-8)10(14)7-1-2-9(13)15-6-7/h1-2,6,8H,3-5,11H2. The van der Waals surface area contributed by atoms with Crippen LogP contribution in [-0.2, 0) is 0 Å². The molecule has 80 valence electrons. The lowest BCUT2D eigenvalue weighted by Gasteiger charge is -2.14. The lowest BCUT2D eigenvalue weighted by Crippen LogP contribution is -2.31. The van der Waals surface area contributed by atoms with Crippen LogP contribution >= 0.6 is 0 Å². The van der Waals surface area contributed by atoms with Gasteiger partial charge in [-0.05, 0) is 12.5 Å². The minimum absolute atomic E-state index is 0.0599. The van der Waals surface area contributed by atoms with Crippen molar-refractivity contribution in [2.45, 2.75) is 12.5 Å². The van der Waals surface area contributed by atoms with E-state index >= 15 is 0 Å². The monoisotopic (exact) mass is 208 g/mol. The fourth-order valence-electron chi connectivity index (χ4n) is 1.63. The normalized spacial score (nSPS) is 20.6. The summed E-state index contributed by atoms with van der Waals surface area (Å²) in [4.78, 5) is 24.2. The highest BCUT2D eigenvalue weighted by molar-refractivity contribution is 5.93. The molecule has 0 aromatic carbocycles. The Balaban J connectivity index is 2.14. The SMILES string of the molecule is NC1CCN(C(=O)c2ccc(=O)oc2)C1. The van der Waals surface area contributed by atoms with Crippen LogP contribution in [0.3, 0.4) is 0 Å². The molecule has 15 heavy (non-hydrogen) atoms. The summed E-state index contributed by atoms with van der Waals surface area (Å²) in [5.41, 5.74) is 5.64. The van der Waals surface area contributed by atoms with Crippen LogP contribution in [0.15, 0.2) is 27.6 Å². The molecule has 0 aliphatic carbocycles. The van der Waals surface area contributed by atoms with Gasteiger partial charge in [-0.1, -0.05) is 0 Å². The van der Waals surface area contributed by atoms with Crippen LogP contribution in [0.2, 0.25) is 0 Å². The Hall–Kier alpha value is -1.62. The zero-order chi connectivity index (χ0) is 10.8. The van der Waals surface area contributed by atoms with Crippen LogP contribution in [0.25, 0.3) is 0 Å². The van der Waals surface area contributed by atoms with Crippen molar-refractivity contribution in [1.82, 2.24) is 4.90 Å². The summed E-state index contributed by atoms with van der Waals surface area (Å²) < 4.78 is 4.63. The number of carbonyl (C=O) groups excluding carboxylic acids is 1. The fraction of sp³-hybridized carbons (Fsp3) is 0.400. The molecule has 1 saturated heterocycles.